The molecule has 102 valence electrons. The Morgan fingerprint density at radius 2 is 1.78 bits per heavy atom. The summed E-state index contributed by atoms with van der Waals surface area (Å²) < 4.78 is 0.189. The second-order valence-corrected chi connectivity index (χ2v) is 7.88. The molecular weight excluding hydrogens is 240 g/mol. The van der Waals surface area contributed by atoms with Crippen LogP contribution in [0.3, 0.4) is 0 Å². The molecule has 0 amide bonds. The van der Waals surface area contributed by atoms with Crippen molar-refractivity contribution in [2.45, 2.75) is 63.1 Å². The van der Waals surface area contributed by atoms with E-state index in [0.717, 1.165) is 19.3 Å². The fraction of sp³-hybridized carbons (Fsp3) is 0.625. The normalized spacial score (nSPS) is 15.4. The van der Waals surface area contributed by atoms with Crippen molar-refractivity contribution >= 4 is 11.8 Å². The molecule has 1 N–H and O–H groups in total. The van der Waals surface area contributed by atoms with E-state index in [4.69, 9.17) is 0 Å². The molecule has 18 heavy (non-hydrogen) atoms. The van der Waals surface area contributed by atoms with Crippen molar-refractivity contribution < 1.29 is 5.11 Å². The van der Waals surface area contributed by atoms with Crippen LogP contribution in [0.2, 0.25) is 0 Å². The minimum atomic E-state index is -0.209. The van der Waals surface area contributed by atoms with Gasteiger partial charge in [0.2, 0.25) is 0 Å². The fourth-order valence-electron chi connectivity index (χ4n) is 2.04. The van der Waals surface area contributed by atoms with E-state index in [-0.39, 0.29) is 16.1 Å². The van der Waals surface area contributed by atoms with Gasteiger partial charge in [0.25, 0.3) is 0 Å². The summed E-state index contributed by atoms with van der Waals surface area (Å²) >= 11 is 1.89. The summed E-state index contributed by atoms with van der Waals surface area (Å²) in [5.41, 5.74) is 1.31. The van der Waals surface area contributed by atoms with Gasteiger partial charge in [0.05, 0.1) is 6.10 Å². The maximum absolute atomic E-state index is 10.3. The van der Waals surface area contributed by atoms with Gasteiger partial charge in [0.1, 0.15) is 0 Å². The lowest BCUT2D eigenvalue weighted by atomic mass is 10.0. The molecule has 0 saturated heterocycles. The smallest absolute Gasteiger partial charge is 0.0662 e. The van der Waals surface area contributed by atoms with E-state index in [1.807, 2.05) is 17.8 Å². The average Bonchev–Trinajstić information content (AvgIpc) is 2.28. The maximum Gasteiger partial charge on any atom is 0.0662 e. The Labute approximate surface area is 116 Å². The summed E-state index contributed by atoms with van der Waals surface area (Å²) in [4.78, 5) is 0. The van der Waals surface area contributed by atoms with Gasteiger partial charge in [-0.15, -0.1) is 11.8 Å². The van der Waals surface area contributed by atoms with E-state index in [1.165, 1.54) is 5.56 Å². The van der Waals surface area contributed by atoms with E-state index in [9.17, 15) is 5.11 Å². The predicted molar refractivity (Wildman–Crippen MR) is 82.2 cm³/mol. The van der Waals surface area contributed by atoms with Crippen LogP contribution in [0.4, 0.5) is 0 Å². The number of aliphatic hydroxyl groups excluding tert-OH is 1. The van der Waals surface area contributed by atoms with E-state index in [0.29, 0.717) is 0 Å². The van der Waals surface area contributed by atoms with Crippen LogP contribution in [-0.4, -0.2) is 21.2 Å². The maximum atomic E-state index is 10.3. The lowest BCUT2D eigenvalue weighted by Gasteiger charge is -2.29. The van der Waals surface area contributed by atoms with Crippen molar-refractivity contribution in [3.05, 3.63) is 35.9 Å². The molecule has 1 aromatic carbocycles. The lowest BCUT2D eigenvalue weighted by Crippen LogP contribution is -2.29. The molecule has 1 aromatic rings. The zero-order chi connectivity index (χ0) is 13.6. The SMILES string of the molecule is CCC[C@H](O)[C@H](Cc1ccccc1)SC(C)(C)C. The molecule has 2 atom stereocenters. The first kappa shape index (κ1) is 15.6. The highest BCUT2D eigenvalue weighted by molar-refractivity contribution is 8.01. The van der Waals surface area contributed by atoms with Gasteiger partial charge in [-0.1, -0.05) is 64.4 Å². The van der Waals surface area contributed by atoms with Crippen molar-refractivity contribution in [1.29, 1.82) is 0 Å². The van der Waals surface area contributed by atoms with Crippen LogP contribution in [0, 0.1) is 0 Å². The minimum Gasteiger partial charge on any atom is -0.392 e. The standard InChI is InChI=1S/C16H26OS/c1-5-9-14(17)15(18-16(2,3)4)12-13-10-7-6-8-11-13/h6-8,10-11,14-15,17H,5,9,12H2,1-4H3/t14-,15-/m0/s1. The zero-order valence-corrected chi connectivity index (χ0v) is 12.8. The van der Waals surface area contributed by atoms with Crippen molar-refractivity contribution in [3.8, 4) is 0 Å². The van der Waals surface area contributed by atoms with E-state index >= 15 is 0 Å². The van der Waals surface area contributed by atoms with Crippen LogP contribution >= 0.6 is 11.8 Å². The Morgan fingerprint density at radius 1 is 1.17 bits per heavy atom. The van der Waals surface area contributed by atoms with Crippen LogP contribution in [-0.2, 0) is 6.42 Å². The van der Waals surface area contributed by atoms with Gasteiger partial charge in [-0.05, 0) is 18.4 Å². The summed E-state index contributed by atoms with van der Waals surface area (Å²) in [5.74, 6) is 0. The first-order chi connectivity index (χ1) is 8.42. The van der Waals surface area contributed by atoms with Crippen molar-refractivity contribution in [3.63, 3.8) is 0 Å². The second kappa shape index (κ2) is 7.20. The Kier molecular flexibility index (Phi) is 6.24. The highest BCUT2D eigenvalue weighted by Crippen LogP contribution is 2.33. The summed E-state index contributed by atoms with van der Waals surface area (Å²) in [5, 5.41) is 10.6. The monoisotopic (exact) mass is 266 g/mol. The summed E-state index contributed by atoms with van der Waals surface area (Å²) in [6, 6.07) is 10.5. The van der Waals surface area contributed by atoms with Gasteiger partial charge >= 0.3 is 0 Å². The number of rotatable bonds is 6. The Bertz CT molecular complexity index is 329. The third-order valence-corrected chi connectivity index (χ3v) is 4.29. The third kappa shape index (κ3) is 5.92. The van der Waals surface area contributed by atoms with Crippen LogP contribution in [0.25, 0.3) is 0 Å². The second-order valence-electron chi connectivity index (χ2n) is 5.81. The average molecular weight is 266 g/mol. The zero-order valence-electron chi connectivity index (χ0n) is 12.0. The Balaban J connectivity index is 2.71. The molecule has 0 aromatic heterocycles. The van der Waals surface area contributed by atoms with Gasteiger partial charge in [-0.2, -0.15) is 0 Å². The van der Waals surface area contributed by atoms with Crippen LogP contribution < -0.4 is 0 Å². The number of benzene rings is 1. The third-order valence-electron chi connectivity index (χ3n) is 2.80. The molecule has 1 nitrogen and oxygen atoms in total. The summed E-state index contributed by atoms with van der Waals surface area (Å²) in [6.07, 6.45) is 2.67. The van der Waals surface area contributed by atoms with Gasteiger partial charge in [0.15, 0.2) is 0 Å². The number of thioether (sulfide) groups is 1. The number of hydrogen-bond acceptors (Lipinski definition) is 2. The number of aliphatic hydroxyl groups is 1. The molecule has 1 rings (SSSR count). The molecule has 0 aliphatic carbocycles. The molecule has 0 bridgehead atoms. The predicted octanol–water partition coefficient (Wildman–Crippen LogP) is 4.29. The van der Waals surface area contributed by atoms with E-state index < -0.39 is 0 Å². The summed E-state index contributed by atoms with van der Waals surface area (Å²) in [6.45, 7) is 8.78. The Morgan fingerprint density at radius 3 is 2.28 bits per heavy atom. The quantitative estimate of drug-likeness (QED) is 0.829. The highest BCUT2D eigenvalue weighted by atomic mass is 32.2. The summed E-state index contributed by atoms with van der Waals surface area (Å²) in [7, 11) is 0. The van der Waals surface area contributed by atoms with E-state index in [2.05, 4.69) is 52.0 Å². The Hall–Kier alpha value is -0.470. The molecule has 0 fully saturated rings. The van der Waals surface area contributed by atoms with Gasteiger partial charge < -0.3 is 5.11 Å². The lowest BCUT2D eigenvalue weighted by molar-refractivity contribution is 0.159. The topological polar surface area (TPSA) is 20.2 Å². The minimum absolute atomic E-state index is 0.189. The van der Waals surface area contributed by atoms with Crippen molar-refractivity contribution in [1.82, 2.24) is 0 Å². The first-order valence-electron chi connectivity index (χ1n) is 6.82. The van der Waals surface area contributed by atoms with E-state index in [1.54, 1.807) is 0 Å². The molecule has 0 heterocycles. The van der Waals surface area contributed by atoms with Gasteiger partial charge in [-0.3, -0.25) is 0 Å². The van der Waals surface area contributed by atoms with Gasteiger partial charge in [0, 0.05) is 10.00 Å². The highest BCUT2D eigenvalue weighted by Gasteiger charge is 2.25. The molecule has 0 spiro atoms. The number of hydrogen-bond donors (Lipinski definition) is 1. The van der Waals surface area contributed by atoms with Crippen LogP contribution in [0.1, 0.15) is 46.1 Å². The molecule has 2 heteroatoms. The van der Waals surface area contributed by atoms with Crippen molar-refractivity contribution in [2.24, 2.45) is 0 Å². The van der Waals surface area contributed by atoms with Crippen molar-refractivity contribution in [2.75, 3.05) is 0 Å². The molecule has 0 radical (unpaired) electrons. The fourth-order valence-corrected chi connectivity index (χ4v) is 3.52. The molecule has 0 saturated carbocycles. The molecular formula is C16H26OS. The molecule has 0 unspecified atom stereocenters. The molecule has 0 aliphatic heterocycles. The largest absolute Gasteiger partial charge is 0.392 e. The molecule has 0 aliphatic rings. The van der Waals surface area contributed by atoms with Gasteiger partial charge in [-0.25, -0.2) is 0 Å². The van der Waals surface area contributed by atoms with Crippen LogP contribution in [0.15, 0.2) is 30.3 Å². The van der Waals surface area contributed by atoms with Crippen LogP contribution in [0.5, 0.6) is 0 Å². The first-order valence-corrected chi connectivity index (χ1v) is 7.70.